The number of H-pyrrole nitrogens is 1. The largest absolute Gasteiger partial charge is 0.493 e. The lowest BCUT2D eigenvalue weighted by atomic mass is 9.88. The van der Waals surface area contributed by atoms with E-state index >= 15 is 0 Å². The van der Waals surface area contributed by atoms with E-state index in [2.05, 4.69) is 4.98 Å². The average Bonchev–Trinajstić information content (AvgIpc) is 3.66. The Labute approximate surface area is 257 Å². The molecule has 2 fully saturated rings. The van der Waals surface area contributed by atoms with Crippen LogP contribution in [0.3, 0.4) is 0 Å². The predicted octanol–water partition coefficient (Wildman–Crippen LogP) is 5.36. The van der Waals surface area contributed by atoms with Gasteiger partial charge in [0.1, 0.15) is 17.4 Å². The van der Waals surface area contributed by atoms with Crippen molar-refractivity contribution in [2.24, 2.45) is 5.92 Å². The normalized spacial score (nSPS) is 17.5. The molecule has 1 aliphatic carbocycles. The third-order valence-electron chi connectivity index (χ3n) is 8.72. The SMILES string of the molecule is C.CCOc1ccc(S(=O)(=O)N2CCC(C(O)c3ccc(F)cc3)CC2)cc1-c1nn2c(C3CCCC3)nc(C)c2c(=O)[nH]1. The summed E-state index contributed by atoms with van der Waals surface area (Å²) in [7, 11) is -3.91. The Kier molecular flexibility index (Phi) is 9.24. The molecule has 236 valence electrons. The highest BCUT2D eigenvalue weighted by molar-refractivity contribution is 7.89. The highest BCUT2D eigenvalue weighted by Gasteiger charge is 2.33. The molecular formula is C32H40FN5O5S. The number of nitrogens with zero attached hydrogens (tertiary/aromatic N) is 4. The molecule has 1 aliphatic heterocycles. The van der Waals surface area contributed by atoms with Crippen LogP contribution in [0.15, 0.2) is 52.2 Å². The van der Waals surface area contributed by atoms with Gasteiger partial charge in [0.05, 0.1) is 28.9 Å². The minimum atomic E-state index is -3.91. The third-order valence-corrected chi connectivity index (χ3v) is 10.6. The van der Waals surface area contributed by atoms with Crippen molar-refractivity contribution in [1.29, 1.82) is 0 Å². The Morgan fingerprint density at radius 2 is 1.77 bits per heavy atom. The molecule has 1 saturated carbocycles. The van der Waals surface area contributed by atoms with Gasteiger partial charge in [-0.3, -0.25) is 4.79 Å². The fourth-order valence-electron chi connectivity index (χ4n) is 6.41. The minimum Gasteiger partial charge on any atom is -0.493 e. The highest BCUT2D eigenvalue weighted by Crippen LogP contribution is 2.37. The number of halogens is 1. The number of piperidine rings is 1. The van der Waals surface area contributed by atoms with Gasteiger partial charge in [-0.25, -0.2) is 22.3 Å². The molecular weight excluding hydrogens is 585 g/mol. The van der Waals surface area contributed by atoms with E-state index in [0.29, 0.717) is 47.5 Å². The zero-order valence-corrected chi connectivity index (χ0v) is 25.1. The second-order valence-corrected chi connectivity index (χ2v) is 13.4. The van der Waals surface area contributed by atoms with E-state index in [9.17, 15) is 22.7 Å². The third kappa shape index (κ3) is 5.90. The van der Waals surface area contributed by atoms with Crippen molar-refractivity contribution in [2.45, 2.75) is 76.7 Å². The molecule has 10 nitrogen and oxygen atoms in total. The number of aromatic amines is 1. The van der Waals surface area contributed by atoms with Gasteiger partial charge >= 0.3 is 0 Å². The number of aryl methyl sites for hydroxylation is 1. The molecule has 1 saturated heterocycles. The van der Waals surface area contributed by atoms with Gasteiger partial charge < -0.3 is 14.8 Å². The first kappa shape index (κ1) is 31.8. The van der Waals surface area contributed by atoms with Crippen LogP contribution in [0.5, 0.6) is 5.75 Å². The summed E-state index contributed by atoms with van der Waals surface area (Å²) in [6, 6.07) is 10.3. The van der Waals surface area contributed by atoms with Crippen molar-refractivity contribution in [1.82, 2.24) is 23.9 Å². The lowest BCUT2D eigenvalue weighted by Gasteiger charge is -2.33. The number of sulfonamides is 1. The number of hydrogen-bond acceptors (Lipinski definition) is 7. The van der Waals surface area contributed by atoms with Gasteiger partial charge in [-0.2, -0.15) is 4.31 Å². The molecule has 2 N–H and O–H groups in total. The fourth-order valence-corrected chi connectivity index (χ4v) is 7.91. The lowest BCUT2D eigenvalue weighted by molar-refractivity contribution is 0.0760. The van der Waals surface area contributed by atoms with Gasteiger partial charge in [0.25, 0.3) is 5.56 Å². The standard InChI is InChI=1S/C31H36FN5O5S.CH4/c1-3-42-26-13-12-24(43(40,41)36-16-14-21(15-17-36)28(38)20-8-10-23(32)11-9-20)18-25(26)29-34-31(39)27-19(2)33-30(37(27)35-29)22-6-4-5-7-22;/h8-13,18,21-22,28,38H,3-7,14-17H2,1-2H3,(H,34,35,39);1H4. The van der Waals surface area contributed by atoms with Crippen LogP contribution < -0.4 is 10.3 Å². The van der Waals surface area contributed by atoms with Crippen molar-refractivity contribution in [2.75, 3.05) is 19.7 Å². The molecule has 2 aromatic heterocycles. The Morgan fingerprint density at radius 1 is 1.09 bits per heavy atom. The zero-order chi connectivity index (χ0) is 30.3. The van der Waals surface area contributed by atoms with Crippen molar-refractivity contribution >= 4 is 15.5 Å². The summed E-state index contributed by atoms with van der Waals surface area (Å²) >= 11 is 0. The van der Waals surface area contributed by atoms with Crippen LogP contribution in [0.2, 0.25) is 0 Å². The molecule has 44 heavy (non-hydrogen) atoms. The topological polar surface area (TPSA) is 130 Å². The minimum absolute atomic E-state index is 0. The highest BCUT2D eigenvalue weighted by atomic mass is 32.2. The molecule has 0 bridgehead atoms. The fraction of sp³-hybridized carbons (Fsp3) is 0.469. The van der Waals surface area contributed by atoms with Gasteiger partial charge in [-0.15, -0.1) is 5.10 Å². The first-order valence-corrected chi connectivity index (χ1v) is 16.3. The van der Waals surface area contributed by atoms with Crippen molar-refractivity contribution in [3.05, 3.63) is 75.7 Å². The molecule has 3 heterocycles. The van der Waals surface area contributed by atoms with Crippen LogP contribution >= 0.6 is 0 Å². The first-order chi connectivity index (χ1) is 20.7. The molecule has 4 aromatic rings. The van der Waals surface area contributed by atoms with E-state index in [0.717, 1.165) is 31.5 Å². The molecule has 1 atom stereocenters. The summed E-state index contributed by atoms with van der Waals surface area (Å²) < 4.78 is 49.8. The smallest absolute Gasteiger partial charge is 0.277 e. The molecule has 2 aromatic carbocycles. The molecule has 12 heteroatoms. The Bertz CT molecular complexity index is 1790. The van der Waals surface area contributed by atoms with Gasteiger partial charge in [0, 0.05) is 19.0 Å². The number of rotatable bonds is 8. The van der Waals surface area contributed by atoms with Crippen LogP contribution in [-0.2, 0) is 10.0 Å². The summed E-state index contributed by atoms with van der Waals surface area (Å²) in [6.07, 6.45) is 4.28. The van der Waals surface area contributed by atoms with Gasteiger partial charge in [-0.1, -0.05) is 32.4 Å². The molecule has 0 spiro atoms. The Morgan fingerprint density at radius 3 is 2.43 bits per heavy atom. The number of aliphatic hydroxyl groups is 1. The van der Waals surface area contributed by atoms with Crippen LogP contribution in [0.1, 0.15) is 82.0 Å². The van der Waals surface area contributed by atoms with E-state index < -0.39 is 16.1 Å². The average molecular weight is 626 g/mol. The van der Waals surface area contributed by atoms with Crippen molar-refractivity contribution < 1.29 is 22.7 Å². The lowest BCUT2D eigenvalue weighted by Crippen LogP contribution is -2.39. The first-order valence-electron chi connectivity index (χ1n) is 14.9. The number of imidazole rings is 1. The summed E-state index contributed by atoms with van der Waals surface area (Å²) in [5.41, 5.74) is 1.63. The second kappa shape index (κ2) is 12.8. The predicted molar refractivity (Wildman–Crippen MR) is 166 cm³/mol. The molecule has 0 radical (unpaired) electrons. The van der Waals surface area contributed by atoms with E-state index in [-0.39, 0.29) is 54.4 Å². The zero-order valence-electron chi connectivity index (χ0n) is 24.3. The van der Waals surface area contributed by atoms with Crippen molar-refractivity contribution in [3.8, 4) is 17.1 Å². The molecule has 1 unspecified atom stereocenters. The van der Waals surface area contributed by atoms with E-state index in [4.69, 9.17) is 14.8 Å². The van der Waals surface area contributed by atoms with E-state index in [1.165, 1.54) is 28.6 Å². The van der Waals surface area contributed by atoms with Crippen LogP contribution in [0.4, 0.5) is 4.39 Å². The summed E-state index contributed by atoms with van der Waals surface area (Å²) in [5, 5.41) is 15.6. The number of fused-ring (bicyclic) bond motifs is 1. The van der Waals surface area contributed by atoms with Gasteiger partial charge in [0.2, 0.25) is 10.0 Å². The molecule has 2 aliphatic rings. The second-order valence-electron chi connectivity index (χ2n) is 11.4. The number of aliphatic hydroxyl groups excluding tert-OH is 1. The maximum Gasteiger partial charge on any atom is 0.277 e. The summed E-state index contributed by atoms with van der Waals surface area (Å²) in [6.45, 7) is 4.43. The number of nitrogens with one attached hydrogen (secondary N) is 1. The number of benzene rings is 2. The molecule has 0 amide bonds. The number of hydrogen-bond donors (Lipinski definition) is 2. The quantitative estimate of drug-likeness (QED) is 0.270. The Balaban J connectivity index is 0.00000384. The van der Waals surface area contributed by atoms with Gasteiger partial charge in [0.15, 0.2) is 11.3 Å². The maximum absolute atomic E-state index is 13.8. The summed E-state index contributed by atoms with van der Waals surface area (Å²) in [4.78, 5) is 20.9. The summed E-state index contributed by atoms with van der Waals surface area (Å²) in [5.74, 6) is 1.05. The van der Waals surface area contributed by atoms with E-state index in [1.54, 1.807) is 29.6 Å². The Hall–Kier alpha value is -3.61. The number of aromatic nitrogens is 4. The van der Waals surface area contributed by atoms with Crippen LogP contribution in [0.25, 0.3) is 16.9 Å². The van der Waals surface area contributed by atoms with Crippen molar-refractivity contribution in [3.63, 3.8) is 0 Å². The maximum atomic E-state index is 13.8. The van der Waals surface area contributed by atoms with Crippen LogP contribution in [0, 0.1) is 18.7 Å². The van der Waals surface area contributed by atoms with Gasteiger partial charge in [-0.05, 0) is 81.3 Å². The van der Waals surface area contributed by atoms with Crippen LogP contribution in [-0.4, -0.2) is 57.1 Å². The molecule has 6 rings (SSSR count). The van der Waals surface area contributed by atoms with E-state index in [1.807, 2.05) is 6.92 Å². The monoisotopic (exact) mass is 625 g/mol. The number of ether oxygens (including phenoxy) is 1.